The zero-order chi connectivity index (χ0) is 14.2. The molecule has 21 heavy (non-hydrogen) atoms. The molecule has 0 radical (unpaired) electrons. The predicted octanol–water partition coefficient (Wildman–Crippen LogP) is 5.42. The summed E-state index contributed by atoms with van der Waals surface area (Å²) in [7, 11) is 0. The number of rotatable bonds is 3. The van der Waals surface area contributed by atoms with Gasteiger partial charge in [-0.05, 0) is 48.3 Å². The lowest BCUT2D eigenvalue weighted by Crippen LogP contribution is -2.22. The zero-order valence-corrected chi connectivity index (χ0v) is 12.5. The minimum absolute atomic E-state index is 0.863. The van der Waals surface area contributed by atoms with Crippen molar-refractivity contribution in [1.29, 1.82) is 0 Å². The van der Waals surface area contributed by atoms with Crippen molar-refractivity contribution < 1.29 is 0 Å². The maximum atomic E-state index is 3.65. The Bertz CT molecular complexity index is 748. The highest BCUT2D eigenvalue weighted by Gasteiger charge is 2.27. The first-order valence-electron chi connectivity index (χ1n) is 7.96. The van der Waals surface area contributed by atoms with E-state index in [0.29, 0.717) is 0 Å². The Morgan fingerprint density at radius 2 is 1.67 bits per heavy atom. The van der Waals surface area contributed by atoms with Gasteiger partial charge < -0.3 is 4.98 Å². The van der Waals surface area contributed by atoms with Gasteiger partial charge >= 0.3 is 0 Å². The van der Waals surface area contributed by atoms with Gasteiger partial charge in [-0.25, -0.2) is 0 Å². The highest BCUT2D eigenvalue weighted by Crippen LogP contribution is 2.39. The van der Waals surface area contributed by atoms with Crippen LogP contribution in [0.1, 0.15) is 25.3 Å². The summed E-state index contributed by atoms with van der Waals surface area (Å²) < 4.78 is 0. The number of H-pyrrole nitrogens is 1. The van der Waals surface area contributed by atoms with Crippen LogP contribution in [0.25, 0.3) is 22.2 Å². The second-order valence-electron chi connectivity index (χ2n) is 6.54. The molecule has 1 saturated carbocycles. The van der Waals surface area contributed by atoms with Gasteiger partial charge in [-0.2, -0.15) is 0 Å². The summed E-state index contributed by atoms with van der Waals surface area (Å²) >= 11 is 0. The molecule has 1 heterocycles. The molecule has 0 aliphatic heterocycles. The molecule has 106 valence electrons. The third kappa shape index (κ3) is 2.27. The molecule has 1 aliphatic carbocycles. The molecule has 0 spiro atoms. The number of nitrogens with one attached hydrogen (secondary N) is 1. The van der Waals surface area contributed by atoms with E-state index >= 15 is 0 Å². The van der Waals surface area contributed by atoms with Gasteiger partial charge in [-0.15, -0.1) is 0 Å². The Balaban J connectivity index is 1.81. The summed E-state index contributed by atoms with van der Waals surface area (Å²) in [5.41, 5.74) is 5.39. The lowest BCUT2D eigenvalue weighted by molar-refractivity contribution is 0.212. The standard InChI is InChI=1S/C20H21N/c1-14-11-15(12-14)13-18-17-9-5-6-10-19(17)21-20(18)16-7-3-2-4-8-16/h2-10,14-15,21H,11-13H2,1H3. The number of hydrogen-bond donors (Lipinski definition) is 1. The van der Waals surface area contributed by atoms with Crippen molar-refractivity contribution >= 4 is 10.9 Å². The van der Waals surface area contributed by atoms with Crippen LogP contribution in [-0.2, 0) is 6.42 Å². The van der Waals surface area contributed by atoms with Gasteiger partial charge in [-0.1, -0.05) is 55.5 Å². The molecule has 3 aromatic rings. The molecule has 0 atom stereocenters. The van der Waals surface area contributed by atoms with Gasteiger partial charge in [0.15, 0.2) is 0 Å². The first-order valence-corrected chi connectivity index (χ1v) is 7.96. The molecular formula is C20H21N. The van der Waals surface area contributed by atoms with E-state index in [-0.39, 0.29) is 0 Å². The average molecular weight is 275 g/mol. The van der Waals surface area contributed by atoms with E-state index in [4.69, 9.17) is 0 Å². The number of aromatic amines is 1. The van der Waals surface area contributed by atoms with Crippen molar-refractivity contribution in [3.05, 3.63) is 60.2 Å². The minimum Gasteiger partial charge on any atom is -0.354 e. The van der Waals surface area contributed by atoms with Gasteiger partial charge in [0.1, 0.15) is 0 Å². The highest BCUT2D eigenvalue weighted by molar-refractivity contribution is 5.90. The Morgan fingerprint density at radius 3 is 2.43 bits per heavy atom. The van der Waals surface area contributed by atoms with Gasteiger partial charge in [0.25, 0.3) is 0 Å². The van der Waals surface area contributed by atoms with Crippen molar-refractivity contribution in [2.24, 2.45) is 11.8 Å². The topological polar surface area (TPSA) is 15.8 Å². The molecule has 0 saturated heterocycles. The van der Waals surface area contributed by atoms with Crippen LogP contribution in [0.15, 0.2) is 54.6 Å². The second-order valence-corrected chi connectivity index (χ2v) is 6.54. The maximum Gasteiger partial charge on any atom is 0.0497 e. The largest absolute Gasteiger partial charge is 0.354 e. The first kappa shape index (κ1) is 12.7. The van der Waals surface area contributed by atoms with E-state index in [9.17, 15) is 0 Å². The maximum absolute atomic E-state index is 3.65. The van der Waals surface area contributed by atoms with E-state index in [1.54, 1.807) is 0 Å². The number of para-hydroxylation sites is 1. The molecule has 0 unspecified atom stereocenters. The average Bonchev–Trinajstić information content (AvgIpc) is 2.86. The monoisotopic (exact) mass is 275 g/mol. The highest BCUT2D eigenvalue weighted by atomic mass is 14.7. The summed E-state index contributed by atoms with van der Waals surface area (Å²) in [6.45, 7) is 2.36. The quantitative estimate of drug-likeness (QED) is 0.656. The Labute approximate surface area is 126 Å². The lowest BCUT2D eigenvalue weighted by atomic mass is 9.73. The molecule has 1 nitrogen and oxygen atoms in total. The summed E-state index contributed by atoms with van der Waals surface area (Å²) in [6, 6.07) is 19.5. The second kappa shape index (κ2) is 5.07. The molecule has 4 rings (SSSR count). The molecule has 0 bridgehead atoms. The smallest absolute Gasteiger partial charge is 0.0497 e. The van der Waals surface area contributed by atoms with Crippen LogP contribution >= 0.6 is 0 Å². The lowest BCUT2D eigenvalue weighted by Gasteiger charge is -2.33. The molecular weight excluding hydrogens is 254 g/mol. The van der Waals surface area contributed by atoms with Crippen molar-refractivity contribution in [3.63, 3.8) is 0 Å². The summed E-state index contributed by atoms with van der Waals surface area (Å²) in [6.07, 6.45) is 3.97. The van der Waals surface area contributed by atoms with Crippen LogP contribution in [0.4, 0.5) is 0 Å². The van der Waals surface area contributed by atoms with Crippen molar-refractivity contribution in [2.75, 3.05) is 0 Å². The van der Waals surface area contributed by atoms with Crippen LogP contribution in [0.2, 0.25) is 0 Å². The van der Waals surface area contributed by atoms with Gasteiger partial charge in [0.05, 0.1) is 0 Å². The SMILES string of the molecule is CC1CC(Cc2c(-c3ccccc3)[nH]c3ccccc23)C1. The van der Waals surface area contributed by atoms with Crippen molar-refractivity contribution in [2.45, 2.75) is 26.2 Å². The number of benzene rings is 2. The Morgan fingerprint density at radius 1 is 0.952 bits per heavy atom. The van der Waals surface area contributed by atoms with E-state index < -0.39 is 0 Å². The zero-order valence-electron chi connectivity index (χ0n) is 12.5. The Kier molecular flexibility index (Phi) is 3.07. The Hall–Kier alpha value is -2.02. The summed E-state index contributed by atoms with van der Waals surface area (Å²) in [5.74, 6) is 1.78. The molecule has 1 fully saturated rings. The van der Waals surface area contributed by atoms with E-state index in [2.05, 4.69) is 66.5 Å². The van der Waals surface area contributed by atoms with E-state index in [1.807, 2.05) is 0 Å². The van der Waals surface area contributed by atoms with Crippen LogP contribution in [0.3, 0.4) is 0 Å². The van der Waals surface area contributed by atoms with Gasteiger partial charge in [0, 0.05) is 16.6 Å². The van der Waals surface area contributed by atoms with Gasteiger partial charge in [0.2, 0.25) is 0 Å². The molecule has 1 aliphatic rings. The van der Waals surface area contributed by atoms with Crippen LogP contribution in [0.5, 0.6) is 0 Å². The van der Waals surface area contributed by atoms with Gasteiger partial charge in [-0.3, -0.25) is 0 Å². The molecule has 1 heteroatoms. The van der Waals surface area contributed by atoms with E-state index in [0.717, 1.165) is 11.8 Å². The normalized spacial score (nSPS) is 21.4. The number of hydrogen-bond acceptors (Lipinski definition) is 0. The molecule has 1 aromatic heterocycles. The van der Waals surface area contributed by atoms with Crippen LogP contribution < -0.4 is 0 Å². The summed E-state index contributed by atoms with van der Waals surface area (Å²) in [4.78, 5) is 3.65. The predicted molar refractivity (Wildman–Crippen MR) is 89.3 cm³/mol. The first-order chi connectivity index (χ1) is 10.3. The molecule has 1 N–H and O–H groups in total. The molecule has 0 amide bonds. The third-order valence-electron chi connectivity index (χ3n) is 4.84. The number of fused-ring (bicyclic) bond motifs is 1. The van der Waals surface area contributed by atoms with E-state index in [1.165, 1.54) is 47.0 Å². The molecule has 2 aromatic carbocycles. The third-order valence-corrected chi connectivity index (χ3v) is 4.84. The van der Waals surface area contributed by atoms with Crippen LogP contribution in [0, 0.1) is 11.8 Å². The van der Waals surface area contributed by atoms with Crippen molar-refractivity contribution in [1.82, 2.24) is 4.98 Å². The fourth-order valence-corrected chi connectivity index (χ4v) is 3.79. The minimum atomic E-state index is 0.863. The van der Waals surface area contributed by atoms with Crippen LogP contribution in [-0.4, -0.2) is 4.98 Å². The fourth-order valence-electron chi connectivity index (χ4n) is 3.79. The number of aromatic nitrogens is 1. The summed E-state index contributed by atoms with van der Waals surface area (Å²) in [5, 5.41) is 1.40. The van der Waals surface area contributed by atoms with Crippen molar-refractivity contribution in [3.8, 4) is 11.3 Å². The fraction of sp³-hybridized carbons (Fsp3) is 0.300.